The highest BCUT2D eigenvalue weighted by molar-refractivity contribution is 8.00. The number of anilines is 1. The van der Waals surface area contributed by atoms with Crippen LogP contribution in [0.5, 0.6) is 0 Å². The summed E-state index contributed by atoms with van der Waals surface area (Å²) < 4.78 is 4.06. The number of fused-ring (bicyclic) bond motifs is 2. The quantitative estimate of drug-likeness (QED) is 0.0584. The molecule has 2 amide bonds. The Morgan fingerprint density at radius 1 is 1.34 bits per heavy atom. The Labute approximate surface area is 282 Å². The third-order valence-corrected chi connectivity index (χ3v) is 10.1. The summed E-state index contributed by atoms with van der Waals surface area (Å²) in [6, 6.07) is 4.72. The number of carboxylic acids is 2. The maximum absolute atomic E-state index is 13.5. The number of rotatable bonds is 14. The van der Waals surface area contributed by atoms with Crippen LogP contribution in [-0.4, -0.2) is 85.9 Å². The molecule has 2 aliphatic heterocycles. The molecule has 15 nitrogen and oxygen atoms in total. The van der Waals surface area contributed by atoms with Gasteiger partial charge >= 0.3 is 5.97 Å². The van der Waals surface area contributed by atoms with E-state index in [0.717, 1.165) is 46.8 Å². The molecule has 5 N–H and O–H groups in total. The topological polar surface area (TPSA) is 208 Å². The van der Waals surface area contributed by atoms with Gasteiger partial charge in [-0.1, -0.05) is 41.9 Å². The van der Waals surface area contributed by atoms with Crippen molar-refractivity contribution >= 4 is 80.3 Å². The molecule has 5 rings (SSSR count). The Balaban J connectivity index is 1.37. The average molecular weight is 705 g/mol. The van der Waals surface area contributed by atoms with Crippen LogP contribution < -0.4 is 26.0 Å². The molecule has 0 aromatic carbocycles. The first kappa shape index (κ1) is 34.2. The summed E-state index contributed by atoms with van der Waals surface area (Å²) in [6.45, 7) is 5.09. The van der Waals surface area contributed by atoms with Crippen molar-refractivity contribution in [2.75, 3.05) is 25.1 Å². The molecule has 0 bridgehead atoms. The summed E-state index contributed by atoms with van der Waals surface area (Å²) in [4.78, 5) is 61.3. The summed E-state index contributed by atoms with van der Waals surface area (Å²) in [7, 11) is 1.90. The zero-order valence-corrected chi connectivity index (χ0v) is 28.0. The molecular weight excluding hydrogens is 672 g/mol. The van der Waals surface area contributed by atoms with Gasteiger partial charge in [-0.15, -0.1) is 11.8 Å². The van der Waals surface area contributed by atoms with E-state index in [1.807, 2.05) is 42.2 Å². The van der Waals surface area contributed by atoms with Gasteiger partial charge in [-0.05, 0) is 26.1 Å². The zero-order valence-electron chi connectivity index (χ0n) is 25.6. The number of nitrogens with one attached hydrogen (secondary N) is 2. The van der Waals surface area contributed by atoms with Gasteiger partial charge in [-0.3, -0.25) is 14.5 Å². The van der Waals surface area contributed by atoms with Crippen molar-refractivity contribution in [3.8, 4) is 0 Å². The van der Waals surface area contributed by atoms with Gasteiger partial charge in [0.2, 0.25) is 11.6 Å². The van der Waals surface area contributed by atoms with Crippen LogP contribution in [0.25, 0.3) is 11.0 Å². The van der Waals surface area contributed by atoms with Crippen molar-refractivity contribution in [3.05, 3.63) is 51.9 Å². The summed E-state index contributed by atoms with van der Waals surface area (Å²) >= 11 is 8.38. The van der Waals surface area contributed by atoms with E-state index < -0.39 is 52.9 Å². The number of nitrogens with zero attached hydrogens (tertiary/aromatic N) is 5. The van der Waals surface area contributed by atoms with Crippen LogP contribution in [0.2, 0.25) is 4.34 Å². The molecule has 250 valence electrons. The fourth-order valence-corrected chi connectivity index (χ4v) is 7.66. The molecular formula is C29H33ClN8O7S2. The van der Waals surface area contributed by atoms with Crippen LogP contribution in [0.3, 0.4) is 0 Å². The predicted molar refractivity (Wildman–Crippen MR) is 173 cm³/mol. The van der Waals surface area contributed by atoms with Gasteiger partial charge in [0, 0.05) is 42.1 Å². The van der Waals surface area contributed by atoms with Crippen LogP contribution in [-0.2, 0) is 37.1 Å². The molecule has 3 aromatic rings. The second-order valence-electron chi connectivity index (χ2n) is 11.2. The molecule has 0 radical (unpaired) electrons. The van der Waals surface area contributed by atoms with Gasteiger partial charge in [0.1, 0.15) is 27.0 Å². The number of β-lactam (4-membered cyclic amide) rings is 1. The molecule has 3 atom stereocenters. The Kier molecular flexibility index (Phi) is 10.4. The van der Waals surface area contributed by atoms with E-state index in [0.29, 0.717) is 5.57 Å². The van der Waals surface area contributed by atoms with E-state index in [2.05, 4.69) is 25.3 Å². The standard InChI is InChI=1S/C29H33ClN8O7S2/c1-14(2)22(28(43)44)45-35-19(18-23(30)47-29(31)34-18)24(39)33-20-25(40)38-21(27(41)42)15(13-46-26(20)38)12-37-9-4-6-16-17(37)7-11-36(16)10-5-8-32-3/h4,6-7,9,11,14,20,22,26,32H,5,8,10,12-13H2,1-3H3,(H4-,31,33,34,39,41,42,43,44)/b35-19-/t20-,22+,26-/m1/s1. The van der Waals surface area contributed by atoms with E-state index in [1.54, 1.807) is 13.8 Å². The maximum Gasteiger partial charge on any atom is 0.348 e. The molecule has 3 aromatic heterocycles. The summed E-state index contributed by atoms with van der Waals surface area (Å²) in [5.74, 6) is -4.66. The minimum atomic E-state index is -1.50. The van der Waals surface area contributed by atoms with Gasteiger partial charge in [0.15, 0.2) is 23.6 Å². The lowest BCUT2D eigenvalue weighted by molar-refractivity contribution is -0.663. The lowest BCUT2D eigenvalue weighted by Crippen LogP contribution is -2.71. The zero-order chi connectivity index (χ0) is 34.0. The summed E-state index contributed by atoms with van der Waals surface area (Å²) in [5.41, 5.74) is 7.26. The molecule has 18 heteroatoms. The van der Waals surface area contributed by atoms with Gasteiger partial charge in [-0.25, -0.2) is 9.78 Å². The Morgan fingerprint density at radius 2 is 2.11 bits per heavy atom. The fraction of sp³-hybridized carbons (Fsp3) is 0.414. The van der Waals surface area contributed by atoms with Gasteiger partial charge < -0.3 is 40.8 Å². The highest BCUT2D eigenvalue weighted by Crippen LogP contribution is 2.40. The number of oxime groups is 1. The number of nitrogens with two attached hydrogens (primary N) is 1. The van der Waals surface area contributed by atoms with Crippen molar-refractivity contribution in [3.63, 3.8) is 0 Å². The Morgan fingerprint density at radius 3 is 2.74 bits per heavy atom. The number of thiazole rings is 1. The van der Waals surface area contributed by atoms with Crippen molar-refractivity contribution in [2.45, 2.75) is 50.9 Å². The first-order valence-electron chi connectivity index (χ1n) is 14.6. The monoisotopic (exact) mass is 704 g/mol. The number of carbonyl (C=O) groups is 4. The van der Waals surface area contributed by atoms with Crippen LogP contribution in [0.1, 0.15) is 26.0 Å². The normalized spacial score (nSPS) is 18.7. The number of carbonyl (C=O) groups excluding carboxylic acids is 3. The molecule has 0 aliphatic carbocycles. The number of amides is 2. The number of pyridine rings is 1. The molecule has 5 heterocycles. The number of aryl methyl sites for hydroxylation is 1. The number of hydrogen-bond acceptors (Lipinski definition) is 12. The van der Waals surface area contributed by atoms with Gasteiger partial charge in [-0.2, -0.15) is 4.57 Å². The molecule has 47 heavy (non-hydrogen) atoms. The first-order chi connectivity index (χ1) is 22.4. The van der Waals surface area contributed by atoms with Gasteiger partial charge in [0.25, 0.3) is 11.8 Å². The highest BCUT2D eigenvalue weighted by atomic mass is 35.5. The number of halogens is 1. The lowest BCUT2D eigenvalue weighted by Gasteiger charge is -2.50. The molecule has 1 fully saturated rings. The SMILES string of the molecule is CNCCCn1ccc2c1ccc[n+]2CC1=C(C(=O)[O-])N2C(=O)[C@@H](NC(=O)/C(=N\O[C@H](C(=O)O)C(C)C)c3nc(N)sc3Cl)[C@H]2SC1. The predicted octanol–water partition coefficient (Wildman–Crippen LogP) is 0.164. The second-order valence-corrected chi connectivity index (χ2v) is 13.9. The number of nitrogen functional groups attached to an aromatic ring is 1. The molecule has 0 unspecified atom stereocenters. The minimum absolute atomic E-state index is 0.00216. The van der Waals surface area contributed by atoms with Crippen molar-refractivity contribution in [1.29, 1.82) is 0 Å². The van der Waals surface area contributed by atoms with E-state index in [9.17, 15) is 29.4 Å². The third-order valence-electron chi connectivity index (χ3n) is 7.68. The molecule has 0 saturated carbocycles. The van der Waals surface area contributed by atoms with Crippen molar-refractivity contribution in [1.82, 2.24) is 25.1 Å². The number of thioether (sulfide) groups is 1. The van der Waals surface area contributed by atoms with E-state index in [4.69, 9.17) is 22.2 Å². The van der Waals surface area contributed by atoms with E-state index in [1.165, 1.54) is 11.8 Å². The number of hydrogen-bond donors (Lipinski definition) is 4. The van der Waals surface area contributed by atoms with Crippen LogP contribution >= 0.6 is 34.7 Å². The minimum Gasteiger partial charge on any atom is -0.543 e. The van der Waals surface area contributed by atoms with E-state index in [-0.39, 0.29) is 33.2 Å². The Bertz CT molecular complexity index is 1790. The summed E-state index contributed by atoms with van der Waals surface area (Å²) in [5, 5.41) is 30.7. The van der Waals surface area contributed by atoms with Crippen LogP contribution in [0, 0.1) is 5.92 Å². The van der Waals surface area contributed by atoms with Gasteiger partial charge in [0.05, 0.1) is 11.7 Å². The largest absolute Gasteiger partial charge is 0.543 e. The molecule has 1 saturated heterocycles. The third kappa shape index (κ3) is 6.93. The van der Waals surface area contributed by atoms with Crippen LogP contribution in [0.4, 0.5) is 5.13 Å². The molecule has 2 aliphatic rings. The number of carboxylic acid groups (broad SMARTS) is 2. The number of aliphatic carboxylic acids is 2. The van der Waals surface area contributed by atoms with Crippen LogP contribution in [0.15, 0.2) is 47.0 Å². The smallest absolute Gasteiger partial charge is 0.348 e. The van der Waals surface area contributed by atoms with Crippen molar-refractivity contribution < 1.29 is 38.8 Å². The average Bonchev–Trinajstić information content (AvgIpc) is 3.59. The fourth-order valence-electron chi connectivity index (χ4n) is 5.40. The number of aromatic nitrogens is 3. The maximum atomic E-state index is 13.5. The van der Waals surface area contributed by atoms with E-state index >= 15 is 0 Å². The highest BCUT2D eigenvalue weighted by Gasteiger charge is 2.53. The van der Waals surface area contributed by atoms with Crippen molar-refractivity contribution in [2.24, 2.45) is 11.1 Å². The lowest BCUT2D eigenvalue weighted by atomic mass is 10.0. The second kappa shape index (κ2) is 14.3. The first-order valence-corrected chi connectivity index (χ1v) is 16.9. The molecule has 0 spiro atoms. The Hall–Kier alpha value is -4.19. The summed E-state index contributed by atoms with van der Waals surface area (Å²) in [6.07, 6.45) is 3.39.